The number of hydrogen-bond acceptors (Lipinski definition) is 4. The second-order valence-electron chi connectivity index (χ2n) is 5.51. The van der Waals surface area contributed by atoms with Gasteiger partial charge in [-0.1, -0.05) is 42.5 Å². The van der Waals surface area contributed by atoms with Crippen LogP contribution in [0.2, 0.25) is 0 Å². The molecule has 4 aromatic rings. The van der Waals surface area contributed by atoms with Gasteiger partial charge in [0.1, 0.15) is 9.79 Å². The van der Waals surface area contributed by atoms with E-state index in [1.807, 2.05) is 18.2 Å². The topological polar surface area (TPSA) is 109 Å². The SMILES string of the molecule is O=S(=O)(O)c1cc2ccc3cccc4ccc(c1S(=O)(=O)O)c2c34.[NaH]. The Balaban J connectivity index is 0.00000182. The average Bonchev–Trinajstić information content (AvgIpc) is 2.50. The maximum absolute atomic E-state index is 11.8. The summed E-state index contributed by atoms with van der Waals surface area (Å²) in [7, 11) is -9.73. The van der Waals surface area contributed by atoms with Gasteiger partial charge in [0.05, 0.1) is 0 Å². The van der Waals surface area contributed by atoms with Crippen molar-refractivity contribution >= 4 is 82.1 Å². The second kappa shape index (κ2) is 5.88. The Kier molecular flexibility index (Phi) is 4.36. The van der Waals surface area contributed by atoms with Crippen LogP contribution in [0.5, 0.6) is 0 Å². The molecule has 0 spiro atoms. The minimum atomic E-state index is -4.88. The molecule has 0 bridgehead atoms. The fraction of sp³-hybridized carbons (Fsp3) is 0. The summed E-state index contributed by atoms with van der Waals surface area (Å²) in [6, 6.07) is 13.1. The monoisotopic (exact) mass is 386 g/mol. The number of benzene rings is 4. The molecular formula is C16H11NaO6S2. The van der Waals surface area contributed by atoms with Gasteiger partial charge < -0.3 is 0 Å². The van der Waals surface area contributed by atoms with Crippen LogP contribution in [0.1, 0.15) is 0 Å². The van der Waals surface area contributed by atoms with Crippen LogP contribution in [0.15, 0.2) is 58.3 Å². The van der Waals surface area contributed by atoms with Gasteiger partial charge in [0.15, 0.2) is 0 Å². The van der Waals surface area contributed by atoms with E-state index in [9.17, 15) is 25.9 Å². The summed E-state index contributed by atoms with van der Waals surface area (Å²) in [5, 5.41) is 3.49. The van der Waals surface area contributed by atoms with Gasteiger partial charge in [-0.3, -0.25) is 9.11 Å². The Morgan fingerprint density at radius 1 is 0.680 bits per heavy atom. The van der Waals surface area contributed by atoms with E-state index in [0.717, 1.165) is 22.2 Å². The number of rotatable bonds is 2. The van der Waals surface area contributed by atoms with E-state index in [2.05, 4.69) is 0 Å². The molecule has 0 saturated heterocycles. The van der Waals surface area contributed by atoms with Crippen LogP contribution in [0, 0.1) is 0 Å². The molecule has 0 aliphatic heterocycles. The van der Waals surface area contributed by atoms with Crippen LogP contribution in [0.4, 0.5) is 0 Å². The summed E-state index contributed by atoms with van der Waals surface area (Å²) in [5.74, 6) is 0. The van der Waals surface area contributed by atoms with Gasteiger partial charge in [-0.25, -0.2) is 0 Å². The van der Waals surface area contributed by atoms with Gasteiger partial charge in [-0.05, 0) is 33.0 Å². The summed E-state index contributed by atoms with van der Waals surface area (Å²) in [6.45, 7) is 0. The molecule has 0 heterocycles. The predicted octanol–water partition coefficient (Wildman–Crippen LogP) is 2.43. The van der Waals surface area contributed by atoms with Crippen LogP contribution >= 0.6 is 0 Å². The molecule has 0 fully saturated rings. The molecule has 0 amide bonds. The molecule has 0 aliphatic rings. The van der Waals surface area contributed by atoms with Crippen molar-refractivity contribution in [2.45, 2.75) is 9.79 Å². The van der Waals surface area contributed by atoms with E-state index in [1.165, 1.54) is 6.07 Å². The summed E-state index contributed by atoms with van der Waals surface area (Å²) >= 11 is 0. The van der Waals surface area contributed by atoms with Crippen LogP contribution in [0.3, 0.4) is 0 Å². The van der Waals surface area contributed by atoms with Crippen molar-refractivity contribution in [2.75, 3.05) is 0 Å². The van der Waals surface area contributed by atoms with Gasteiger partial charge in [0.25, 0.3) is 20.2 Å². The Bertz CT molecular complexity index is 1330. The van der Waals surface area contributed by atoms with Crippen LogP contribution in [-0.2, 0) is 20.2 Å². The average molecular weight is 386 g/mol. The van der Waals surface area contributed by atoms with Crippen molar-refractivity contribution in [1.29, 1.82) is 0 Å². The van der Waals surface area contributed by atoms with E-state index >= 15 is 0 Å². The zero-order chi connectivity index (χ0) is 17.3. The third-order valence-electron chi connectivity index (χ3n) is 4.10. The maximum atomic E-state index is 11.8. The standard InChI is InChI=1S/C16H10O6S2.Na.H/c17-23(18,19)13-8-11-5-4-9-2-1-3-10-6-7-12(15(11)14(9)10)16(13)24(20,21)22;;/h1-8H,(H,17,18,19)(H,20,21,22);;. The molecule has 25 heavy (non-hydrogen) atoms. The van der Waals surface area contributed by atoms with Gasteiger partial charge in [0.2, 0.25) is 0 Å². The van der Waals surface area contributed by atoms with E-state index in [0.29, 0.717) is 10.8 Å². The molecular weight excluding hydrogens is 375 g/mol. The van der Waals surface area contributed by atoms with Crippen LogP contribution < -0.4 is 0 Å². The van der Waals surface area contributed by atoms with Crippen molar-refractivity contribution in [2.24, 2.45) is 0 Å². The van der Waals surface area contributed by atoms with Gasteiger partial charge in [-0.2, -0.15) is 16.8 Å². The molecule has 0 unspecified atom stereocenters. The molecule has 0 aromatic heterocycles. The van der Waals surface area contributed by atoms with Crippen LogP contribution in [-0.4, -0.2) is 55.5 Å². The van der Waals surface area contributed by atoms with E-state index in [-0.39, 0.29) is 34.9 Å². The Morgan fingerprint density at radius 2 is 1.24 bits per heavy atom. The first-order valence-corrected chi connectivity index (χ1v) is 9.71. The molecule has 9 heteroatoms. The summed E-state index contributed by atoms with van der Waals surface area (Å²) in [5.41, 5.74) is 0. The Hall–Kier alpha value is -1.26. The molecule has 6 nitrogen and oxygen atoms in total. The van der Waals surface area contributed by atoms with Gasteiger partial charge in [-0.15, -0.1) is 0 Å². The quantitative estimate of drug-likeness (QED) is 0.311. The van der Waals surface area contributed by atoms with Crippen molar-refractivity contribution in [3.05, 3.63) is 48.5 Å². The zero-order valence-corrected chi connectivity index (χ0v) is 13.6. The normalized spacial score (nSPS) is 12.7. The zero-order valence-electron chi connectivity index (χ0n) is 12.0. The third kappa shape index (κ3) is 2.83. The third-order valence-corrected chi connectivity index (χ3v) is 6.06. The summed E-state index contributed by atoms with van der Waals surface area (Å²) < 4.78 is 65.9. The number of hydrogen-bond donors (Lipinski definition) is 2. The molecule has 124 valence electrons. The van der Waals surface area contributed by atoms with E-state index in [1.54, 1.807) is 18.2 Å². The molecule has 4 aromatic carbocycles. The van der Waals surface area contributed by atoms with E-state index < -0.39 is 30.0 Å². The minimum absolute atomic E-state index is 0. The molecule has 4 rings (SSSR count). The molecule has 0 atom stereocenters. The molecule has 0 radical (unpaired) electrons. The van der Waals surface area contributed by atoms with Crippen molar-refractivity contribution < 1.29 is 25.9 Å². The molecule has 2 N–H and O–H groups in total. The van der Waals surface area contributed by atoms with Gasteiger partial charge in [0, 0.05) is 5.39 Å². The Morgan fingerprint density at radius 3 is 1.80 bits per heavy atom. The van der Waals surface area contributed by atoms with Crippen LogP contribution in [0.25, 0.3) is 32.3 Å². The summed E-state index contributed by atoms with van der Waals surface area (Å²) in [4.78, 5) is -1.65. The first-order valence-electron chi connectivity index (χ1n) is 6.83. The van der Waals surface area contributed by atoms with Gasteiger partial charge >= 0.3 is 29.6 Å². The molecule has 0 aliphatic carbocycles. The fourth-order valence-corrected chi connectivity index (χ4v) is 5.23. The van der Waals surface area contributed by atoms with E-state index in [4.69, 9.17) is 0 Å². The van der Waals surface area contributed by atoms with Crippen molar-refractivity contribution in [3.8, 4) is 0 Å². The Labute approximate surface area is 165 Å². The van der Waals surface area contributed by atoms with Crippen molar-refractivity contribution in [1.82, 2.24) is 0 Å². The first kappa shape index (κ1) is 18.5. The summed E-state index contributed by atoms with van der Waals surface area (Å²) in [6.07, 6.45) is 0. The predicted molar refractivity (Wildman–Crippen MR) is 96.9 cm³/mol. The molecule has 0 saturated carbocycles. The fourth-order valence-electron chi connectivity index (χ4n) is 3.22. The first-order chi connectivity index (χ1) is 11.2. The second-order valence-corrected chi connectivity index (χ2v) is 8.26. The van der Waals surface area contributed by atoms with Crippen molar-refractivity contribution in [3.63, 3.8) is 0 Å².